The summed E-state index contributed by atoms with van der Waals surface area (Å²) in [5, 5.41) is 11.5. The van der Waals surface area contributed by atoms with Crippen molar-refractivity contribution in [3.63, 3.8) is 0 Å². The van der Waals surface area contributed by atoms with Gasteiger partial charge in [-0.2, -0.15) is 0 Å². The van der Waals surface area contributed by atoms with Crippen LogP contribution in [0.4, 0.5) is 5.69 Å². The summed E-state index contributed by atoms with van der Waals surface area (Å²) in [6, 6.07) is 5.73. The Balaban J connectivity index is 2.25. The van der Waals surface area contributed by atoms with Crippen molar-refractivity contribution in [2.45, 2.75) is 18.2 Å². The molecule has 0 unspecified atom stereocenters. The summed E-state index contributed by atoms with van der Waals surface area (Å²) in [5.41, 5.74) is 0.951. The molecule has 0 saturated heterocycles. The highest BCUT2D eigenvalue weighted by molar-refractivity contribution is 7.89. The van der Waals surface area contributed by atoms with Gasteiger partial charge in [0.25, 0.3) is 5.91 Å². The summed E-state index contributed by atoms with van der Waals surface area (Å²) in [6.45, 7) is 1.87. The van der Waals surface area contributed by atoms with Crippen molar-refractivity contribution in [1.82, 2.24) is 9.59 Å². The number of carbonyl (C=O) groups excluding carboxylic acids is 1. The van der Waals surface area contributed by atoms with Crippen LogP contribution in [0, 0.1) is 0 Å². The predicted octanol–water partition coefficient (Wildman–Crippen LogP) is 1.00. The Hall–Kier alpha value is -1.84. The van der Waals surface area contributed by atoms with Crippen molar-refractivity contribution in [1.29, 1.82) is 0 Å². The van der Waals surface area contributed by atoms with Crippen LogP contribution in [0.2, 0.25) is 0 Å². The molecular weight excluding hydrogens is 300 g/mol. The number of nitrogens with zero attached hydrogens (tertiary/aromatic N) is 2. The van der Waals surface area contributed by atoms with E-state index >= 15 is 0 Å². The second-order valence-electron chi connectivity index (χ2n) is 3.93. The molecule has 1 aromatic carbocycles. The first kappa shape index (κ1) is 14.6. The summed E-state index contributed by atoms with van der Waals surface area (Å²) in [6.07, 6.45) is 0.594. The number of benzene rings is 1. The largest absolute Gasteiger partial charge is 0.321 e. The first-order valence-corrected chi connectivity index (χ1v) is 7.99. The number of rotatable bonds is 4. The maximum absolute atomic E-state index is 12.1. The van der Waals surface area contributed by atoms with Gasteiger partial charge in [0.1, 0.15) is 4.88 Å². The van der Waals surface area contributed by atoms with E-state index in [0.29, 0.717) is 22.7 Å². The molecule has 0 spiro atoms. The maximum Gasteiger partial charge on any atom is 0.269 e. The molecule has 7 nitrogen and oxygen atoms in total. The van der Waals surface area contributed by atoms with Gasteiger partial charge in [-0.15, -0.1) is 5.10 Å². The van der Waals surface area contributed by atoms with Crippen LogP contribution in [-0.2, 0) is 16.4 Å². The van der Waals surface area contributed by atoms with Crippen LogP contribution >= 0.6 is 11.5 Å². The molecule has 0 radical (unpaired) electrons. The van der Waals surface area contributed by atoms with Gasteiger partial charge in [0, 0.05) is 5.69 Å². The van der Waals surface area contributed by atoms with Gasteiger partial charge >= 0.3 is 0 Å². The molecule has 2 aromatic rings. The van der Waals surface area contributed by atoms with Gasteiger partial charge < -0.3 is 5.32 Å². The second-order valence-corrected chi connectivity index (χ2v) is 6.24. The quantitative estimate of drug-likeness (QED) is 0.874. The lowest BCUT2D eigenvalue weighted by atomic mass is 10.2. The molecule has 106 valence electrons. The Morgan fingerprint density at radius 3 is 2.85 bits per heavy atom. The lowest BCUT2D eigenvalue weighted by molar-refractivity contribution is 0.102. The molecule has 20 heavy (non-hydrogen) atoms. The van der Waals surface area contributed by atoms with Gasteiger partial charge in [-0.3, -0.25) is 4.79 Å². The van der Waals surface area contributed by atoms with E-state index in [-0.39, 0.29) is 10.8 Å². The Morgan fingerprint density at radius 2 is 2.20 bits per heavy atom. The van der Waals surface area contributed by atoms with E-state index in [1.807, 2.05) is 6.92 Å². The molecule has 9 heteroatoms. The molecule has 3 N–H and O–H groups in total. The fourth-order valence-corrected chi connectivity index (χ4v) is 2.76. The monoisotopic (exact) mass is 312 g/mol. The topological polar surface area (TPSA) is 115 Å². The molecule has 0 atom stereocenters. The minimum atomic E-state index is -3.80. The fourth-order valence-electron chi connectivity index (χ4n) is 1.55. The number of nitrogens with one attached hydrogen (secondary N) is 1. The number of amides is 1. The zero-order chi connectivity index (χ0) is 14.8. The third-order valence-electron chi connectivity index (χ3n) is 2.52. The van der Waals surface area contributed by atoms with Crippen LogP contribution in [0.15, 0.2) is 29.2 Å². The van der Waals surface area contributed by atoms with Gasteiger partial charge in [0.2, 0.25) is 10.0 Å². The summed E-state index contributed by atoms with van der Waals surface area (Å²) >= 11 is 0.995. The van der Waals surface area contributed by atoms with Crippen molar-refractivity contribution < 1.29 is 13.2 Å². The van der Waals surface area contributed by atoms with Gasteiger partial charge in [-0.25, -0.2) is 13.6 Å². The molecule has 1 heterocycles. The van der Waals surface area contributed by atoms with Gasteiger partial charge in [0.05, 0.1) is 10.6 Å². The van der Waals surface area contributed by atoms with Crippen molar-refractivity contribution in [2.24, 2.45) is 5.14 Å². The van der Waals surface area contributed by atoms with E-state index in [0.717, 1.165) is 11.5 Å². The molecule has 0 bridgehead atoms. The standard InChI is InChI=1S/C11H12N4O3S2/c1-2-9-10(19-15-14-9)11(16)13-7-4-3-5-8(6-7)20(12,17)18/h3-6H,2H2,1H3,(H,13,16)(H2,12,17,18). The van der Waals surface area contributed by atoms with Crippen LogP contribution in [-0.4, -0.2) is 23.9 Å². The molecule has 0 aliphatic rings. The molecule has 2 rings (SSSR count). The molecular formula is C11H12N4O3S2. The number of sulfonamides is 1. The van der Waals surface area contributed by atoms with Crippen LogP contribution in [0.25, 0.3) is 0 Å². The van der Waals surface area contributed by atoms with Crippen molar-refractivity contribution >= 4 is 33.2 Å². The first-order valence-electron chi connectivity index (χ1n) is 5.67. The highest BCUT2D eigenvalue weighted by Crippen LogP contribution is 2.17. The normalized spacial score (nSPS) is 11.3. The van der Waals surface area contributed by atoms with E-state index in [4.69, 9.17) is 5.14 Å². The average Bonchev–Trinajstić information content (AvgIpc) is 2.86. The maximum atomic E-state index is 12.1. The lowest BCUT2D eigenvalue weighted by Gasteiger charge is -2.05. The van der Waals surface area contributed by atoms with Crippen LogP contribution in [0.5, 0.6) is 0 Å². The number of nitrogens with two attached hydrogens (primary N) is 1. The minimum Gasteiger partial charge on any atom is -0.321 e. The van der Waals surface area contributed by atoms with E-state index in [9.17, 15) is 13.2 Å². The van der Waals surface area contributed by atoms with E-state index in [1.54, 1.807) is 6.07 Å². The van der Waals surface area contributed by atoms with E-state index < -0.39 is 10.0 Å². The zero-order valence-corrected chi connectivity index (χ0v) is 12.2. The fraction of sp³-hybridized carbons (Fsp3) is 0.182. The van der Waals surface area contributed by atoms with Gasteiger partial charge in [-0.1, -0.05) is 17.5 Å². The Kier molecular flexibility index (Phi) is 4.12. The Labute approximate surface area is 120 Å². The molecule has 0 aliphatic heterocycles. The van der Waals surface area contributed by atoms with Crippen LogP contribution < -0.4 is 10.5 Å². The molecule has 1 amide bonds. The zero-order valence-electron chi connectivity index (χ0n) is 10.5. The number of carbonyl (C=O) groups is 1. The number of primary sulfonamides is 1. The smallest absolute Gasteiger partial charge is 0.269 e. The summed E-state index contributed by atoms with van der Waals surface area (Å²) < 4.78 is 26.2. The summed E-state index contributed by atoms with van der Waals surface area (Å²) in [4.78, 5) is 12.4. The SMILES string of the molecule is CCc1nnsc1C(=O)Nc1cccc(S(N)(=O)=O)c1. The average molecular weight is 312 g/mol. The van der Waals surface area contributed by atoms with E-state index in [2.05, 4.69) is 14.9 Å². The number of aromatic nitrogens is 2. The molecule has 1 aromatic heterocycles. The number of anilines is 1. The third-order valence-corrected chi connectivity index (χ3v) is 4.20. The molecule has 0 fully saturated rings. The van der Waals surface area contributed by atoms with E-state index in [1.165, 1.54) is 18.2 Å². The predicted molar refractivity (Wildman–Crippen MR) is 75.1 cm³/mol. The van der Waals surface area contributed by atoms with Crippen LogP contribution in [0.1, 0.15) is 22.3 Å². The van der Waals surface area contributed by atoms with Crippen LogP contribution in [0.3, 0.4) is 0 Å². The second kappa shape index (κ2) is 5.65. The minimum absolute atomic E-state index is 0.0616. The molecule has 0 saturated carbocycles. The number of aryl methyl sites for hydroxylation is 1. The van der Waals surface area contributed by atoms with Gasteiger partial charge in [-0.05, 0) is 36.2 Å². The summed E-state index contributed by atoms with van der Waals surface area (Å²) in [7, 11) is -3.80. The van der Waals surface area contributed by atoms with Crippen molar-refractivity contribution in [3.05, 3.63) is 34.8 Å². The lowest BCUT2D eigenvalue weighted by Crippen LogP contribution is -2.15. The third kappa shape index (κ3) is 3.18. The highest BCUT2D eigenvalue weighted by atomic mass is 32.2. The summed E-state index contributed by atoms with van der Waals surface area (Å²) in [5.74, 6) is -0.372. The highest BCUT2D eigenvalue weighted by Gasteiger charge is 2.16. The molecule has 0 aliphatic carbocycles. The van der Waals surface area contributed by atoms with Gasteiger partial charge in [0.15, 0.2) is 0 Å². The number of hydrogen-bond acceptors (Lipinski definition) is 6. The number of hydrogen-bond donors (Lipinski definition) is 2. The first-order chi connectivity index (χ1) is 9.41. The van der Waals surface area contributed by atoms with Crippen molar-refractivity contribution in [3.8, 4) is 0 Å². The van der Waals surface area contributed by atoms with Crippen molar-refractivity contribution in [2.75, 3.05) is 5.32 Å². The Bertz CT molecular complexity index is 740. The Morgan fingerprint density at radius 1 is 1.45 bits per heavy atom.